The van der Waals surface area contributed by atoms with E-state index in [-0.39, 0.29) is 69.6 Å². The monoisotopic (exact) mass is 1230 g/mol. The van der Waals surface area contributed by atoms with Crippen LogP contribution in [-0.2, 0) is 0 Å². The number of benzene rings is 4. The molecule has 4 aromatic rings. The highest BCUT2D eigenvalue weighted by molar-refractivity contribution is 5.38. The SMILES string of the molecule is [2H]C1C2CCC(/C=C/C)CC2CC([2H])([2H])C1c1ccc(C#N)c(F)c1.[2H]C1C2CCC(C=C)CC2CC([2H])([2H])C1c1ccc(C#N)c(F)c1.[2H]C1C2CCC(CCC=C)CC2CC([2H])([2H])C1c1ccc(C#N)c(F)c1.[2H]C1C2CCC(CCCCC)CC2CC([2H])([2H])C1c1ccc(C#N)c(F)c1. The number of nitrogens with zero attached hydrogens (tertiary/aromatic N) is 4. The lowest BCUT2D eigenvalue weighted by Crippen LogP contribution is -2.30. The van der Waals surface area contributed by atoms with E-state index in [1.54, 1.807) is 42.5 Å². The minimum absolute atomic E-state index is 0.0258. The summed E-state index contributed by atoms with van der Waals surface area (Å²) in [6.07, 6.45) is 20.4. The Hall–Kier alpha value is -6.22. The number of rotatable bonds is 13. The number of fused-ring (bicyclic) bond motifs is 4. The molecule has 0 heterocycles. The van der Waals surface area contributed by atoms with Gasteiger partial charge in [0.25, 0.3) is 0 Å². The molecule has 0 radical (unpaired) electrons. The van der Waals surface area contributed by atoms with Crippen molar-refractivity contribution in [2.75, 3.05) is 0 Å². The van der Waals surface area contributed by atoms with E-state index >= 15 is 0 Å². The second kappa shape index (κ2) is 33.9. The third kappa shape index (κ3) is 18.1. The maximum Gasteiger partial charge on any atom is 0.141 e. The van der Waals surface area contributed by atoms with Crippen molar-refractivity contribution < 1.29 is 34.0 Å². The van der Waals surface area contributed by atoms with Crippen molar-refractivity contribution in [2.45, 2.75) is 230 Å². The van der Waals surface area contributed by atoms with Gasteiger partial charge in [-0.05, 0) is 326 Å². The van der Waals surface area contributed by atoms with Crippen LogP contribution in [0.25, 0.3) is 0 Å². The molecule has 4 nitrogen and oxygen atoms in total. The number of unbranched alkanes of at least 4 members (excludes halogenated alkanes) is 2. The highest BCUT2D eigenvalue weighted by Gasteiger charge is 2.40. The van der Waals surface area contributed by atoms with Crippen molar-refractivity contribution in [2.24, 2.45) is 71.0 Å². The molecule has 0 aliphatic heterocycles. The molecule has 8 fully saturated rings. The first-order valence-electron chi connectivity index (χ1n) is 40.1. The number of hydrogen-bond acceptors (Lipinski definition) is 4. The third-order valence-corrected chi connectivity index (χ3v) is 21.3. The maximum atomic E-state index is 14.1. The summed E-state index contributed by atoms with van der Waals surface area (Å²) in [5.41, 5.74) is 1.91. The zero-order chi connectivity index (χ0) is 74.2. The summed E-state index contributed by atoms with van der Waals surface area (Å²) in [6.45, 7) is 11.9. The Bertz CT molecular complexity index is 3760. The Labute approximate surface area is 556 Å². The molecule has 0 aromatic heterocycles. The molecule has 90 heavy (non-hydrogen) atoms. The first-order valence-corrected chi connectivity index (χ1v) is 33.8. The molecule has 12 rings (SSSR count). The molecule has 8 saturated carbocycles. The summed E-state index contributed by atoms with van der Waals surface area (Å²) in [7, 11) is 0. The van der Waals surface area contributed by atoms with E-state index < -0.39 is 98.0 Å². The Kier molecular flexibility index (Phi) is 20.1. The minimum atomic E-state index is -1.54. The Morgan fingerprint density at radius 1 is 0.444 bits per heavy atom. The zero-order valence-corrected chi connectivity index (χ0v) is 53.1. The first kappa shape index (κ1) is 53.3. The quantitative estimate of drug-likeness (QED) is 0.0757. The van der Waals surface area contributed by atoms with Crippen LogP contribution in [0.3, 0.4) is 0 Å². The topological polar surface area (TPSA) is 95.2 Å². The Morgan fingerprint density at radius 2 is 0.789 bits per heavy atom. The van der Waals surface area contributed by atoms with Gasteiger partial charge in [0.2, 0.25) is 0 Å². The van der Waals surface area contributed by atoms with Crippen LogP contribution in [0, 0.1) is 140 Å². The molecule has 0 spiro atoms. The first-order chi connectivity index (χ1) is 48.5. The van der Waals surface area contributed by atoms with E-state index in [1.165, 1.54) is 74.2 Å². The molecule has 478 valence electrons. The minimum Gasteiger partial charge on any atom is -0.206 e. The molecular weight excluding hydrogens is 1120 g/mol. The molecule has 20 unspecified atom stereocenters. The molecule has 4 aromatic carbocycles. The summed E-state index contributed by atoms with van der Waals surface area (Å²) in [6, 6.07) is 24.4. The van der Waals surface area contributed by atoms with Crippen LogP contribution >= 0.6 is 0 Å². The van der Waals surface area contributed by atoms with Crippen LogP contribution in [0.2, 0.25) is 0 Å². The second-order valence-corrected chi connectivity index (χ2v) is 27.0. The van der Waals surface area contributed by atoms with Crippen LogP contribution in [0.15, 0.2) is 110 Å². The molecule has 0 N–H and O–H groups in total. The van der Waals surface area contributed by atoms with E-state index in [2.05, 4.69) is 32.2 Å². The smallest absolute Gasteiger partial charge is 0.141 e. The van der Waals surface area contributed by atoms with Crippen molar-refractivity contribution in [3.8, 4) is 24.3 Å². The lowest BCUT2D eigenvalue weighted by atomic mass is 9.63. The fourth-order valence-electron chi connectivity index (χ4n) is 16.1. The van der Waals surface area contributed by atoms with Gasteiger partial charge in [-0.3, -0.25) is 0 Å². The average molecular weight is 1230 g/mol. The predicted molar refractivity (Wildman–Crippen MR) is 357 cm³/mol. The van der Waals surface area contributed by atoms with Gasteiger partial charge in [0.15, 0.2) is 0 Å². The zero-order valence-electron chi connectivity index (χ0n) is 65.1. The summed E-state index contributed by atoms with van der Waals surface area (Å²) in [4.78, 5) is 0. The predicted octanol–water partition coefficient (Wildman–Crippen LogP) is 23.3. The molecule has 8 heteroatoms. The highest BCUT2D eigenvalue weighted by Crippen LogP contribution is 2.52. The van der Waals surface area contributed by atoms with Crippen molar-refractivity contribution >= 4 is 0 Å². The molecule has 20 atom stereocenters. The van der Waals surface area contributed by atoms with Crippen molar-refractivity contribution in [1.82, 2.24) is 0 Å². The fraction of sp³-hybridized carbons (Fsp3) is 0.585. The van der Waals surface area contributed by atoms with Crippen molar-refractivity contribution in [1.29, 1.82) is 21.0 Å². The molecule has 0 bridgehead atoms. The van der Waals surface area contributed by atoms with E-state index in [1.807, 2.05) is 25.1 Å². The van der Waals surface area contributed by atoms with Gasteiger partial charge in [0, 0.05) is 16.4 Å². The molecule has 8 aliphatic carbocycles. The van der Waals surface area contributed by atoms with Gasteiger partial charge in [-0.1, -0.05) is 94.0 Å². The maximum absolute atomic E-state index is 14.1. The van der Waals surface area contributed by atoms with Gasteiger partial charge >= 0.3 is 0 Å². The van der Waals surface area contributed by atoms with Gasteiger partial charge in [-0.15, -0.1) is 13.2 Å². The Balaban J connectivity index is 0.000000158. The third-order valence-electron chi connectivity index (χ3n) is 21.3. The number of hydrogen-bond donors (Lipinski definition) is 0. The standard InChI is InChI=1S/C22H30FN.C21H26FN.C20H24FN.C19H22FN/c1-2-3-4-5-16-6-7-18-13-19(9-8-17(18)12-16)20-10-11-21(15-24)22(23)14-20;1-2-3-4-15-5-6-17-12-18(8-7-16(17)11-15)19-9-10-20(14-23)21(22)13-19;1-2-3-14-4-5-16-11-17(7-6-15(16)10-14)18-8-9-19(13-22)20(21)12-18;1-2-13-3-4-15-10-16(6-5-14(15)9-13)17-7-8-18(12-21)19(20)11-17/h10-11,14,16-19H,2-9,12-13H2,1H3;2,9-10,13,15-18H,1,3-8,11-12H2;2-3,8-9,12,14-17H,4-7,10-11H2,1H3;2,7-8,11,13-16H,1,3-6,9-10H2/b;;3-2+;/i9D2,13D;8D2,12D;7D2,11D;6D2,10D. The molecule has 0 saturated heterocycles. The highest BCUT2D eigenvalue weighted by atomic mass is 19.1. The van der Waals surface area contributed by atoms with Crippen LogP contribution < -0.4 is 0 Å². The van der Waals surface area contributed by atoms with E-state index in [0.29, 0.717) is 71.6 Å². The second-order valence-electron chi connectivity index (χ2n) is 27.0. The number of nitriles is 4. The number of halogens is 4. The molecule has 8 aliphatic rings. The summed E-state index contributed by atoms with van der Waals surface area (Å²) < 4.78 is 160. The van der Waals surface area contributed by atoms with E-state index in [9.17, 15) is 17.6 Å². The largest absolute Gasteiger partial charge is 0.206 e. The van der Waals surface area contributed by atoms with Crippen LogP contribution in [0.4, 0.5) is 17.6 Å². The van der Waals surface area contributed by atoms with Gasteiger partial charge in [-0.2, -0.15) is 21.0 Å². The van der Waals surface area contributed by atoms with Crippen molar-refractivity contribution in [3.05, 3.63) is 178 Å². The summed E-state index contributed by atoms with van der Waals surface area (Å²) in [5, 5.41) is 35.6. The summed E-state index contributed by atoms with van der Waals surface area (Å²) >= 11 is 0. The van der Waals surface area contributed by atoms with Gasteiger partial charge in [0.1, 0.15) is 47.5 Å². The van der Waals surface area contributed by atoms with Crippen LogP contribution in [0.5, 0.6) is 0 Å². The van der Waals surface area contributed by atoms with Crippen molar-refractivity contribution in [3.63, 3.8) is 0 Å². The average Bonchev–Trinajstić information content (AvgIpc) is 0.773. The fourth-order valence-corrected chi connectivity index (χ4v) is 16.1. The van der Waals surface area contributed by atoms with E-state index in [4.69, 9.17) is 37.5 Å². The molecular formula is C82H102F4N4. The van der Waals surface area contributed by atoms with Crippen LogP contribution in [-0.4, -0.2) is 0 Å². The van der Waals surface area contributed by atoms with E-state index in [0.717, 1.165) is 89.9 Å². The lowest BCUT2D eigenvalue weighted by molar-refractivity contribution is 0.113. The van der Waals surface area contributed by atoms with Crippen LogP contribution in [0.1, 0.15) is 291 Å². The van der Waals surface area contributed by atoms with Gasteiger partial charge < -0.3 is 0 Å². The molecule has 0 amide bonds. The van der Waals surface area contributed by atoms with Gasteiger partial charge in [-0.25, -0.2) is 17.6 Å². The normalized spacial score (nSPS) is 38.3. The number of allylic oxidation sites excluding steroid dienone is 4. The lowest BCUT2D eigenvalue weighted by Gasteiger charge is -2.42. The van der Waals surface area contributed by atoms with Gasteiger partial charge in [0.05, 0.1) is 22.3 Å². The summed E-state index contributed by atoms with van der Waals surface area (Å²) in [5.74, 6) is -1.31. The Morgan fingerprint density at radius 3 is 1.12 bits per heavy atom.